The number of amides is 1. The second-order valence-corrected chi connectivity index (χ2v) is 9.08. The molecule has 13 heteroatoms. The first-order chi connectivity index (χ1) is 18.4. The van der Waals surface area contributed by atoms with Crippen molar-refractivity contribution in [2.45, 2.75) is 51.6 Å². The van der Waals surface area contributed by atoms with Gasteiger partial charge in [0, 0.05) is 24.1 Å². The summed E-state index contributed by atoms with van der Waals surface area (Å²) in [5.41, 5.74) is -4.28. The van der Waals surface area contributed by atoms with Gasteiger partial charge in [0.05, 0.1) is 29.5 Å². The molecule has 2 aromatic carbocycles. The molecule has 6 nitrogen and oxygen atoms in total. The summed E-state index contributed by atoms with van der Waals surface area (Å²) in [6.45, 7) is 0.901. The lowest BCUT2D eigenvalue weighted by molar-refractivity contribution is -0.137. The fourth-order valence-electron chi connectivity index (χ4n) is 4.23. The van der Waals surface area contributed by atoms with Gasteiger partial charge in [-0.2, -0.15) is 17.6 Å². The van der Waals surface area contributed by atoms with E-state index in [-0.39, 0.29) is 43.1 Å². The van der Waals surface area contributed by atoms with Gasteiger partial charge in [-0.25, -0.2) is 18.2 Å². The lowest BCUT2D eigenvalue weighted by Crippen LogP contribution is -2.42. The minimum absolute atomic E-state index is 0.0630. The molecule has 0 radical (unpaired) electrons. The van der Waals surface area contributed by atoms with E-state index in [0.29, 0.717) is 6.07 Å². The summed E-state index contributed by atoms with van der Waals surface area (Å²) in [6, 6.07) is 4.43. The number of aryl methyl sites for hydroxylation is 1. The van der Waals surface area contributed by atoms with E-state index < -0.39 is 76.0 Å². The third-order valence-corrected chi connectivity index (χ3v) is 6.36. The van der Waals surface area contributed by atoms with Crippen molar-refractivity contribution < 1.29 is 40.3 Å². The number of ether oxygens (including phenoxy) is 1. The number of carbonyl (C=O) groups excluding carboxylic acids is 1. The molecule has 0 unspecified atom stereocenters. The van der Waals surface area contributed by atoms with E-state index in [2.05, 4.69) is 10.3 Å². The van der Waals surface area contributed by atoms with Crippen LogP contribution >= 0.6 is 0 Å². The fraction of sp³-hybridized carbons (Fsp3) is 0.346. The van der Waals surface area contributed by atoms with Gasteiger partial charge in [-0.3, -0.25) is 9.59 Å². The van der Waals surface area contributed by atoms with E-state index in [1.165, 1.54) is 6.92 Å². The zero-order valence-corrected chi connectivity index (χ0v) is 20.4. The Labute approximate surface area is 217 Å². The van der Waals surface area contributed by atoms with Crippen LogP contribution in [0.25, 0.3) is 11.4 Å². The van der Waals surface area contributed by atoms with Crippen LogP contribution in [0, 0.1) is 29.2 Å². The minimum atomic E-state index is -5.02. The molecule has 0 spiro atoms. The standard InChI is InChI=1S/C26H22F7N3O3/c1-2-19-22(30)25(38)36-23(35-19)20-18(26(31,32)33)4-3-13(21(20)29)10-34-24(37)14-7-17(8-14)39-11-12-5-15(27)9-16(28)6-12/h3-6,9,14,17H,2,7-8,10-11H2,1H3,(H,34,37)(H,35,36,38)/t14-,17-. The molecule has 2 N–H and O–H groups in total. The molecular weight excluding hydrogens is 535 g/mol. The van der Waals surface area contributed by atoms with Gasteiger partial charge in [0.15, 0.2) is 0 Å². The number of rotatable bonds is 8. The number of nitrogens with zero attached hydrogens (tertiary/aromatic N) is 1. The first-order valence-electron chi connectivity index (χ1n) is 11.9. The fourth-order valence-corrected chi connectivity index (χ4v) is 4.23. The van der Waals surface area contributed by atoms with Gasteiger partial charge in [0.2, 0.25) is 11.7 Å². The molecule has 1 aliphatic carbocycles. The topological polar surface area (TPSA) is 84.1 Å². The molecule has 1 saturated carbocycles. The average molecular weight is 557 g/mol. The van der Waals surface area contributed by atoms with Crippen LogP contribution in [0.4, 0.5) is 30.7 Å². The highest BCUT2D eigenvalue weighted by atomic mass is 19.4. The van der Waals surface area contributed by atoms with Crippen molar-refractivity contribution in [2.75, 3.05) is 0 Å². The summed E-state index contributed by atoms with van der Waals surface area (Å²) in [5.74, 6) is -5.93. The molecule has 39 heavy (non-hydrogen) atoms. The maximum absolute atomic E-state index is 15.4. The molecule has 1 fully saturated rings. The van der Waals surface area contributed by atoms with Gasteiger partial charge in [0.25, 0.3) is 5.56 Å². The third kappa shape index (κ3) is 6.29. The maximum atomic E-state index is 15.4. The van der Waals surface area contributed by atoms with Crippen molar-refractivity contribution in [1.29, 1.82) is 0 Å². The number of aromatic nitrogens is 2. The Morgan fingerprint density at radius 3 is 2.36 bits per heavy atom. The molecule has 0 atom stereocenters. The number of alkyl halides is 3. The van der Waals surface area contributed by atoms with E-state index in [4.69, 9.17) is 4.74 Å². The molecule has 1 heterocycles. The number of hydrogen-bond donors (Lipinski definition) is 2. The maximum Gasteiger partial charge on any atom is 0.417 e. The normalized spacial score (nSPS) is 17.1. The van der Waals surface area contributed by atoms with Crippen molar-refractivity contribution in [3.05, 3.63) is 86.3 Å². The highest BCUT2D eigenvalue weighted by Crippen LogP contribution is 2.38. The monoisotopic (exact) mass is 557 g/mol. The van der Waals surface area contributed by atoms with E-state index in [0.717, 1.165) is 24.3 Å². The lowest BCUT2D eigenvalue weighted by Gasteiger charge is -2.34. The van der Waals surface area contributed by atoms with Gasteiger partial charge >= 0.3 is 6.18 Å². The number of hydrogen-bond acceptors (Lipinski definition) is 4. The Hall–Kier alpha value is -3.74. The van der Waals surface area contributed by atoms with Crippen LogP contribution in [0.2, 0.25) is 0 Å². The molecule has 1 aromatic heterocycles. The Kier molecular flexibility index (Phi) is 8.09. The summed E-state index contributed by atoms with van der Waals surface area (Å²) < 4.78 is 102. The molecule has 3 aromatic rings. The van der Waals surface area contributed by atoms with Gasteiger partial charge in [0.1, 0.15) is 23.3 Å². The predicted molar refractivity (Wildman–Crippen MR) is 124 cm³/mol. The Bertz CT molecular complexity index is 1430. The number of nitrogens with one attached hydrogen (secondary N) is 2. The van der Waals surface area contributed by atoms with Crippen LogP contribution in [0.5, 0.6) is 0 Å². The largest absolute Gasteiger partial charge is 0.417 e. The van der Waals surface area contributed by atoms with Crippen molar-refractivity contribution in [3.63, 3.8) is 0 Å². The summed E-state index contributed by atoms with van der Waals surface area (Å²) in [7, 11) is 0. The van der Waals surface area contributed by atoms with Crippen molar-refractivity contribution in [2.24, 2.45) is 5.92 Å². The van der Waals surface area contributed by atoms with Crippen molar-refractivity contribution in [1.82, 2.24) is 15.3 Å². The number of H-pyrrole nitrogens is 1. The van der Waals surface area contributed by atoms with Crippen LogP contribution in [0.3, 0.4) is 0 Å². The van der Waals surface area contributed by atoms with Gasteiger partial charge in [-0.05, 0) is 43.0 Å². The number of carbonyl (C=O) groups is 1. The second kappa shape index (κ2) is 11.2. The summed E-state index contributed by atoms with van der Waals surface area (Å²) in [6.07, 6.45) is -4.92. The third-order valence-electron chi connectivity index (χ3n) is 6.36. The second-order valence-electron chi connectivity index (χ2n) is 9.08. The molecule has 0 saturated heterocycles. The van der Waals surface area contributed by atoms with Gasteiger partial charge in [-0.15, -0.1) is 0 Å². The van der Waals surface area contributed by atoms with Crippen molar-refractivity contribution >= 4 is 5.91 Å². The first-order valence-corrected chi connectivity index (χ1v) is 11.9. The first kappa shape index (κ1) is 28.3. The SMILES string of the molecule is CCc1nc(-c2c(C(F)(F)F)ccc(CNC(=O)[C@H]3C[C@H](OCc4cc(F)cc(F)c4)C3)c2F)[nH]c(=O)c1F. The molecule has 0 aliphatic heterocycles. The molecular formula is C26H22F7N3O3. The summed E-state index contributed by atoms with van der Waals surface area (Å²) >= 11 is 0. The van der Waals surface area contributed by atoms with E-state index in [1.807, 2.05) is 4.98 Å². The van der Waals surface area contributed by atoms with Gasteiger partial charge < -0.3 is 15.0 Å². The molecule has 1 aliphatic rings. The quantitative estimate of drug-likeness (QED) is 0.374. The molecule has 0 bridgehead atoms. The molecule has 1 amide bonds. The van der Waals surface area contributed by atoms with Crippen LogP contribution in [-0.2, 0) is 35.3 Å². The van der Waals surface area contributed by atoms with Gasteiger partial charge in [-0.1, -0.05) is 13.0 Å². The van der Waals surface area contributed by atoms with E-state index in [1.54, 1.807) is 0 Å². The van der Waals surface area contributed by atoms with Crippen molar-refractivity contribution in [3.8, 4) is 11.4 Å². The lowest BCUT2D eigenvalue weighted by atomic mass is 9.81. The average Bonchev–Trinajstić information content (AvgIpc) is 2.82. The number of benzene rings is 2. The Balaban J connectivity index is 1.44. The van der Waals surface area contributed by atoms with E-state index in [9.17, 15) is 35.9 Å². The number of aromatic amines is 1. The molecule has 208 valence electrons. The summed E-state index contributed by atoms with van der Waals surface area (Å²) in [4.78, 5) is 29.9. The number of halogens is 7. The zero-order valence-electron chi connectivity index (χ0n) is 20.4. The minimum Gasteiger partial charge on any atom is -0.373 e. The smallest absolute Gasteiger partial charge is 0.373 e. The highest BCUT2D eigenvalue weighted by molar-refractivity contribution is 5.79. The van der Waals surface area contributed by atoms with Crippen LogP contribution in [-0.4, -0.2) is 22.0 Å². The Morgan fingerprint density at radius 2 is 1.74 bits per heavy atom. The predicted octanol–water partition coefficient (Wildman–Crippen LogP) is 5.19. The molecule has 4 rings (SSSR count). The van der Waals surface area contributed by atoms with Crippen LogP contribution < -0.4 is 10.9 Å². The highest BCUT2D eigenvalue weighted by Gasteiger charge is 2.38. The zero-order chi connectivity index (χ0) is 28.5. The van der Waals surface area contributed by atoms with Crippen LogP contribution in [0.15, 0.2) is 35.1 Å². The Morgan fingerprint density at radius 1 is 1.08 bits per heavy atom. The van der Waals surface area contributed by atoms with Crippen LogP contribution in [0.1, 0.15) is 42.1 Å². The van der Waals surface area contributed by atoms with E-state index >= 15 is 4.39 Å². The summed E-state index contributed by atoms with van der Waals surface area (Å²) in [5, 5.41) is 2.46.